The molecule has 0 aliphatic carbocycles. The van der Waals surface area contributed by atoms with Crippen molar-refractivity contribution in [1.82, 2.24) is 5.32 Å². The summed E-state index contributed by atoms with van der Waals surface area (Å²) in [7, 11) is 2.01. The van der Waals surface area contributed by atoms with Gasteiger partial charge in [0.2, 0.25) is 0 Å². The van der Waals surface area contributed by atoms with Crippen LogP contribution in [0.4, 0.5) is 0 Å². The minimum Gasteiger partial charge on any atom is -0.308 e. The van der Waals surface area contributed by atoms with Crippen molar-refractivity contribution in [2.45, 2.75) is 18.2 Å². The Bertz CT molecular complexity index is 550. The highest BCUT2D eigenvalue weighted by atomic mass is 79.9. The Kier molecular flexibility index (Phi) is 4.61. The molecular weight excluding hydrogens is 382 g/mol. The molecule has 2 aromatic heterocycles. The number of hydrogen-bond acceptors (Lipinski definition) is 4. The molecule has 2 aromatic rings. The summed E-state index contributed by atoms with van der Waals surface area (Å²) in [6.07, 6.45) is 1.22. The molecule has 3 rings (SSSR count). The quantitative estimate of drug-likeness (QED) is 0.755. The van der Waals surface area contributed by atoms with Crippen LogP contribution in [0.5, 0.6) is 0 Å². The van der Waals surface area contributed by atoms with Crippen LogP contribution in [0.3, 0.4) is 0 Å². The van der Waals surface area contributed by atoms with Gasteiger partial charge in [-0.05, 0) is 52.8 Å². The van der Waals surface area contributed by atoms with E-state index < -0.39 is 0 Å². The summed E-state index contributed by atoms with van der Waals surface area (Å²) < 4.78 is 1.82. The Morgan fingerprint density at radius 1 is 1.32 bits per heavy atom. The van der Waals surface area contributed by atoms with Gasteiger partial charge in [0, 0.05) is 24.9 Å². The summed E-state index contributed by atoms with van der Waals surface area (Å²) in [6.45, 7) is 0. The van der Waals surface area contributed by atoms with Gasteiger partial charge < -0.3 is 5.32 Å². The van der Waals surface area contributed by atoms with Gasteiger partial charge in [0.05, 0.1) is 6.04 Å². The SMILES string of the molecule is CNC(c1cc(Br)c(Cl)s1)c1cc2c(s1)CCSC2. The number of halogens is 2. The number of hydrogen-bond donors (Lipinski definition) is 1. The summed E-state index contributed by atoms with van der Waals surface area (Å²) >= 11 is 15.3. The zero-order chi connectivity index (χ0) is 13.4. The Hall–Kier alpha value is 0.480. The number of nitrogens with one attached hydrogen (secondary N) is 1. The Balaban J connectivity index is 1.95. The van der Waals surface area contributed by atoms with Crippen molar-refractivity contribution in [3.05, 3.63) is 41.1 Å². The topological polar surface area (TPSA) is 12.0 Å². The van der Waals surface area contributed by atoms with E-state index in [0.717, 1.165) is 14.6 Å². The highest BCUT2D eigenvalue weighted by Gasteiger charge is 2.21. The van der Waals surface area contributed by atoms with Gasteiger partial charge in [0.25, 0.3) is 0 Å². The average Bonchev–Trinajstić information content (AvgIpc) is 2.95. The highest BCUT2D eigenvalue weighted by Crippen LogP contribution is 2.41. The fourth-order valence-corrected chi connectivity index (χ4v) is 6.69. The van der Waals surface area contributed by atoms with Crippen molar-refractivity contribution < 1.29 is 0 Å². The van der Waals surface area contributed by atoms with E-state index in [0.29, 0.717) is 0 Å². The third-order valence-corrected chi connectivity index (χ3v) is 8.02. The third-order valence-electron chi connectivity index (χ3n) is 3.17. The average molecular weight is 395 g/mol. The molecule has 0 fully saturated rings. The van der Waals surface area contributed by atoms with Crippen LogP contribution in [0.2, 0.25) is 4.34 Å². The molecule has 1 unspecified atom stereocenters. The first-order valence-electron chi connectivity index (χ1n) is 6.00. The lowest BCUT2D eigenvalue weighted by Gasteiger charge is -2.12. The van der Waals surface area contributed by atoms with E-state index in [9.17, 15) is 0 Å². The van der Waals surface area contributed by atoms with Crippen LogP contribution in [0, 0.1) is 0 Å². The largest absolute Gasteiger partial charge is 0.308 e. The van der Waals surface area contributed by atoms with Gasteiger partial charge >= 0.3 is 0 Å². The van der Waals surface area contributed by atoms with Crippen LogP contribution in [0.25, 0.3) is 0 Å². The zero-order valence-corrected chi connectivity index (χ0v) is 15.1. The van der Waals surface area contributed by atoms with Crippen LogP contribution in [0.1, 0.15) is 26.2 Å². The summed E-state index contributed by atoms with van der Waals surface area (Å²) in [5, 5.41) is 3.42. The minimum absolute atomic E-state index is 0.259. The van der Waals surface area contributed by atoms with E-state index in [2.05, 4.69) is 33.4 Å². The molecule has 0 saturated heterocycles. The molecule has 1 atom stereocenters. The van der Waals surface area contributed by atoms with Crippen molar-refractivity contribution in [3.63, 3.8) is 0 Å². The monoisotopic (exact) mass is 393 g/mol. The fourth-order valence-electron chi connectivity index (χ4n) is 2.24. The molecule has 1 aliphatic heterocycles. The number of thiophene rings is 2. The molecule has 1 nitrogen and oxygen atoms in total. The van der Waals surface area contributed by atoms with E-state index in [1.807, 2.05) is 30.1 Å². The molecule has 1 aliphatic rings. The van der Waals surface area contributed by atoms with Crippen LogP contribution in [0.15, 0.2) is 16.6 Å². The summed E-state index contributed by atoms with van der Waals surface area (Å²) in [5.74, 6) is 2.42. The molecule has 6 heteroatoms. The molecule has 102 valence electrons. The van der Waals surface area contributed by atoms with Crippen LogP contribution in [-0.4, -0.2) is 12.8 Å². The van der Waals surface area contributed by atoms with Crippen molar-refractivity contribution >= 4 is 62.0 Å². The van der Waals surface area contributed by atoms with Crippen molar-refractivity contribution in [3.8, 4) is 0 Å². The lowest BCUT2D eigenvalue weighted by molar-refractivity contribution is 0.716. The maximum Gasteiger partial charge on any atom is 0.107 e. The van der Waals surface area contributed by atoms with Gasteiger partial charge in [-0.2, -0.15) is 11.8 Å². The lowest BCUT2D eigenvalue weighted by atomic mass is 10.1. The van der Waals surface area contributed by atoms with E-state index in [4.69, 9.17) is 11.6 Å². The van der Waals surface area contributed by atoms with E-state index in [-0.39, 0.29) is 6.04 Å². The number of aryl methyl sites for hydroxylation is 1. The molecule has 0 amide bonds. The Morgan fingerprint density at radius 3 is 2.74 bits per heavy atom. The molecule has 3 heterocycles. The Labute approximate surface area is 138 Å². The second-order valence-electron chi connectivity index (χ2n) is 4.39. The predicted molar refractivity (Wildman–Crippen MR) is 92.1 cm³/mol. The molecule has 0 bridgehead atoms. The van der Waals surface area contributed by atoms with Crippen molar-refractivity contribution in [2.24, 2.45) is 0 Å². The van der Waals surface area contributed by atoms with Crippen LogP contribution in [-0.2, 0) is 12.2 Å². The minimum atomic E-state index is 0.259. The first kappa shape index (κ1) is 14.4. The standard InChI is InChI=1S/C13H13BrClNS3/c1-16-12(11-5-8(14)13(15)19-11)10-4-7-6-17-3-2-9(7)18-10/h4-5,12,16H,2-3,6H2,1H3. The van der Waals surface area contributed by atoms with Gasteiger partial charge in [-0.15, -0.1) is 22.7 Å². The molecule has 1 N–H and O–H groups in total. The highest BCUT2D eigenvalue weighted by molar-refractivity contribution is 9.10. The second-order valence-corrected chi connectivity index (χ2v) is 9.21. The van der Waals surface area contributed by atoms with Gasteiger partial charge in [0.15, 0.2) is 0 Å². The van der Waals surface area contributed by atoms with Gasteiger partial charge in [-0.3, -0.25) is 0 Å². The zero-order valence-electron chi connectivity index (χ0n) is 10.3. The smallest absolute Gasteiger partial charge is 0.107 e. The number of thioether (sulfide) groups is 1. The Morgan fingerprint density at radius 2 is 2.11 bits per heavy atom. The van der Waals surface area contributed by atoms with E-state index >= 15 is 0 Å². The maximum atomic E-state index is 6.16. The van der Waals surface area contributed by atoms with Gasteiger partial charge in [0.1, 0.15) is 4.34 Å². The number of rotatable bonds is 3. The van der Waals surface area contributed by atoms with Crippen molar-refractivity contribution in [1.29, 1.82) is 0 Å². The lowest BCUT2D eigenvalue weighted by Crippen LogP contribution is -2.15. The third kappa shape index (κ3) is 2.92. The first-order chi connectivity index (χ1) is 9.19. The molecular formula is C13H13BrClNS3. The van der Waals surface area contributed by atoms with Crippen LogP contribution < -0.4 is 5.32 Å². The normalized spacial score (nSPS) is 16.4. The molecule has 0 spiro atoms. The molecule has 0 aromatic carbocycles. The molecule has 0 radical (unpaired) electrons. The second kappa shape index (κ2) is 6.08. The maximum absolute atomic E-state index is 6.16. The predicted octanol–water partition coefficient (Wildman–Crippen LogP) is 5.32. The summed E-state index contributed by atoms with van der Waals surface area (Å²) in [4.78, 5) is 4.24. The van der Waals surface area contributed by atoms with Crippen molar-refractivity contribution in [2.75, 3.05) is 12.8 Å². The fraction of sp³-hybridized carbons (Fsp3) is 0.385. The van der Waals surface area contributed by atoms with Gasteiger partial charge in [-0.1, -0.05) is 11.6 Å². The van der Waals surface area contributed by atoms with E-state index in [1.165, 1.54) is 27.5 Å². The molecule has 0 saturated carbocycles. The first-order valence-corrected chi connectivity index (χ1v) is 9.96. The molecule has 19 heavy (non-hydrogen) atoms. The van der Waals surface area contributed by atoms with E-state index in [1.54, 1.807) is 16.2 Å². The van der Waals surface area contributed by atoms with Gasteiger partial charge in [-0.25, -0.2) is 0 Å². The number of fused-ring (bicyclic) bond motifs is 1. The summed E-state index contributed by atoms with van der Waals surface area (Å²) in [6, 6.07) is 4.76. The summed E-state index contributed by atoms with van der Waals surface area (Å²) in [5.41, 5.74) is 1.53. The van der Waals surface area contributed by atoms with Crippen LogP contribution >= 0.6 is 62.0 Å².